The average molecular weight is 275 g/mol. The molecule has 0 unspecified atom stereocenters. The van der Waals surface area contributed by atoms with Gasteiger partial charge in [0.15, 0.2) is 11.5 Å². The number of ether oxygens (including phenoxy) is 2. The Morgan fingerprint density at radius 1 is 1.10 bits per heavy atom. The second-order valence-electron chi connectivity index (χ2n) is 4.76. The maximum Gasteiger partial charge on any atom is 0.160 e. The number of benzene rings is 1. The van der Waals surface area contributed by atoms with Crippen molar-refractivity contribution in [1.29, 1.82) is 0 Å². The Hall–Kier alpha value is -1.94. The number of methoxy groups -OCH3 is 2. The van der Waals surface area contributed by atoms with Crippen LogP contribution in [0.5, 0.6) is 11.5 Å². The lowest BCUT2D eigenvalue weighted by atomic mass is 10.1. The van der Waals surface area contributed by atoms with Crippen LogP contribution in [0.1, 0.15) is 11.3 Å². The zero-order valence-electron chi connectivity index (χ0n) is 12.3. The minimum Gasteiger partial charge on any atom is -0.493 e. The number of nitrogens with zero attached hydrogens (tertiary/aromatic N) is 1. The van der Waals surface area contributed by atoms with E-state index < -0.39 is 0 Å². The molecule has 0 bridgehead atoms. The zero-order chi connectivity index (χ0) is 14.4. The molecule has 0 saturated heterocycles. The average Bonchev–Trinajstić information content (AvgIpc) is 2.97. The number of hydrogen-bond acceptors (Lipinski definition) is 4. The summed E-state index contributed by atoms with van der Waals surface area (Å²) in [4.78, 5) is 2.23. The Kier molecular flexibility index (Phi) is 5.07. The SMILES string of the molecule is COc1ccc(CCN(C)Cc2ccco2)cc1OC. The van der Waals surface area contributed by atoms with Crippen molar-refractivity contribution in [1.82, 2.24) is 4.90 Å². The minimum absolute atomic E-state index is 0.764. The Morgan fingerprint density at radius 2 is 1.90 bits per heavy atom. The van der Waals surface area contributed by atoms with Gasteiger partial charge in [-0.15, -0.1) is 0 Å². The summed E-state index contributed by atoms with van der Waals surface area (Å²) in [5.41, 5.74) is 1.23. The molecule has 0 saturated carbocycles. The number of hydrogen-bond donors (Lipinski definition) is 0. The molecule has 0 fully saturated rings. The van der Waals surface area contributed by atoms with Crippen LogP contribution in [0.15, 0.2) is 41.0 Å². The monoisotopic (exact) mass is 275 g/mol. The van der Waals surface area contributed by atoms with Gasteiger partial charge in [-0.3, -0.25) is 4.90 Å². The molecule has 0 N–H and O–H groups in total. The van der Waals surface area contributed by atoms with Gasteiger partial charge in [0, 0.05) is 6.54 Å². The standard InChI is InChI=1S/C16H21NO3/c1-17(12-14-5-4-10-20-14)9-8-13-6-7-15(18-2)16(11-13)19-3/h4-7,10-11H,8-9,12H2,1-3H3. The Bertz CT molecular complexity index is 523. The van der Waals surface area contributed by atoms with E-state index in [1.165, 1.54) is 5.56 Å². The molecule has 0 atom stereocenters. The van der Waals surface area contributed by atoms with Crippen LogP contribution in [0, 0.1) is 0 Å². The van der Waals surface area contributed by atoms with Gasteiger partial charge in [0.2, 0.25) is 0 Å². The predicted molar refractivity (Wildman–Crippen MR) is 78.3 cm³/mol. The van der Waals surface area contributed by atoms with E-state index in [2.05, 4.69) is 18.0 Å². The molecule has 0 amide bonds. The number of rotatable bonds is 7. The van der Waals surface area contributed by atoms with Crippen LogP contribution in [0.4, 0.5) is 0 Å². The molecule has 0 aliphatic heterocycles. The molecule has 0 radical (unpaired) electrons. The fraction of sp³-hybridized carbons (Fsp3) is 0.375. The van der Waals surface area contributed by atoms with Crippen LogP contribution >= 0.6 is 0 Å². The highest BCUT2D eigenvalue weighted by atomic mass is 16.5. The molecule has 4 heteroatoms. The van der Waals surface area contributed by atoms with Crippen LogP contribution in [0.3, 0.4) is 0 Å². The first-order valence-corrected chi connectivity index (χ1v) is 6.64. The smallest absolute Gasteiger partial charge is 0.160 e. The summed E-state index contributed by atoms with van der Waals surface area (Å²) in [5.74, 6) is 2.53. The fourth-order valence-electron chi connectivity index (χ4n) is 2.10. The number of likely N-dealkylation sites (N-methyl/N-ethyl adjacent to an activating group) is 1. The van der Waals surface area contributed by atoms with Crippen molar-refractivity contribution in [3.8, 4) is 11.5 Å². The highest BCUT2D eigenvalue weighted by Crippen LogP contribution is 2.27. The van der Waals surface area contributed by atoms with E-state index in [0.29, 0.717) is 0 Å². The van der Waals surface area contributed by atoms with Gasteiger partial charge in [0.1, 0.15) is 5.76 Å². The predicted octanol–water partition coefficient (Wildman–Crippen LogP) is 2.97. The third-order valence-corrected chi connectivity index (χ3v) is 3.24. The molecule has 2 rings (SSSR count). The maximum atomic E-state index is 5.34. The van der Waals surface area contributed by atoms with Crippen molar-refractivity contribution < 1.29 is 13.9 Å². The lowest BCUT2D eigenvalue weighted by Gasteiger charge is -2.15. The van der Waals surface area contributed by atoms with E-state index in [1.807, 2.05) is 24.3 Å². The van der Waals surface area contributed by atoms with E-state index in [-0.39, 0.29) is 0 Å². The summed E-state index contributed by atoms with van der Waals surface area (Å²) in [7, 11) is 5.39. The van der Waals surface area contributed by atoms with Crippen molar-refractivity contribution in [2.75, 3.05) is 27.8 Å². The van der Waals surface area contributed by atoms with Gasteiger partial charge in [-0.05, 0) is 43.3 Å². The zero-order valence-corrected chi connectivity index (χ0v) is 12.3. The van der Waals surface area contributed by atoms with Crippen LogP contribution in [0.25, 0.3) is 0 Å². The van der Waals surface area contributed by atoms with Crippen molar-refractivity contribution in [3.63, 3.8) is 0 Å². The molecule has 2 aromatic rings. The molecule has 4 nitrogen and oxygen atoms in total. The van der Waals surface area contributed by atoms with Gasteiger partial charge in [0.05, 0.1) is 27.0 Å². The Morgan fingerprint density at radius 3 is 2.55 bits per heavy atom. The first-order chi connectivity index (χ1) is 9.72. The van der Waals surface area contributed by atoms with Gasteiger partial charge in [0.25, 0.3) is 0 Å². The van der Waals surface area contributed by atoms with E-state index in [4.69, 9.17) is 13.9 Å². The highest BCUT2D eigenvalue weighted by molar-refractivity contribution is 5.42. The van der Waals surface area contributed by atoms with Crippen molar-refractivity contribution >= 4 is 0 Å². The second-order valence-corrected chi connectivity index (χ2v) is 4.76. The quantitative estimate of drug-likeness (QED) is 0.778. The third-order valence-electron chi connectivity index (χ3n) is 3.24. The lowest BCUT2D eigenvalue weighted by Crippen LogP contribution is -2.20. The molecular formula is C16H21NO3. The topological polar surface area (TPSA) is 34.8 Å². The first-order valence-electron chi connectivity index (χ1n) is 6.64. The largest absolute Gasteiger partial charge is 0.493 e. The summed E-state index contributed by atoms with van der Waals surface area (Å²) >= 11 is 0. The summed E-state index contributed by atoms with van der Waals surface area (Å²) in [6, 6.07) is 9.95. The van der Waals surface area contributed by atoms with Crippen molar-refractivity contribution in [3.05, 3.63) is 47.9 Å². The molecule has 1 heterocycles. The van der Waals surface area contributed by atoms with Crippen molar-refractivity contribution in [2.24, 2.45) is 0 Å². The fourth-order valence-corrected chi connectivity index (χ4v) is 2.10. The first kappa shape index (κ1) is 14.5. The van der Waals surface area contributed by atoms with Gasteiger partial charge >= 0.3 is 0 Å². The van der Waals surface area contributed by atoms with Crippen LogP contribution in [-0.4, -0.2) is 32.7 Å². The van der Waals surface area contributed by atoms with E-state index in [0.717, 1.165) is 36.8 Å². The summed E-state index contributed by atoms with van der Waals surface area (Å²) < 4.78 is 15.9. The van der Waals surface area contributed by atoms with Gasteiger partial charge < -0.3 is 13.9 Å². The molecular weight excluding hydrogens is 254 g/mol. The van der Waals surface area contributed by atoms with Gasteiger partial charge in [-0.2, -0.15) is 0 Å². The molecule has 1 aromatic carbocycles. The summed E-state index contributed by atoms with van der Waals surface area (Å²) in [6.07, 6.45) is 2.66. The summed E-state index contributed by atoms with van der Waals surface area (Å²) in [5, 5.41) is 0. The highest BCUT2D eigenvalue weighted by Gasteiger charge is 2.06. The normalized spacial score (nSPS) is 10.8. The molecule has 108 valence electrons. The third kappa shape index (κ3) is 3.78. The lowest BCUT2D eigenvalue weighted by molar-refractivity contribution is 0.298. The van der Waals surface area contributed by atoms with Crippen LogP contribution in [-0.2, 0) is 13.0 Å². The Balaban J connectivity index is 1.90. The molecule has 0 aliphatic rings. The van der Waals surface area contributed by atoms with Crippen molar-refractivity contribution in [2.45, 2.75) is 13.0 Å². The summed E-state index contributed by atoms with van der Waals surface area (Å²) in [6.45, 7) is 1.77. The number of furan rings is 1. The minimum atomic E-state index is 0.764. The van der Waals surface area contributed by atoms with Crippen LogP contribution < -0.4 is 9.47 Å². The maximum absolute atomic E-state index is 5.34. The van der Waals surface area contributed by atoms with E-state index in [1.54, 1.807) is 20.5 Å². The molecule has 20 heavy (non-hydrogen) atoms. The van der Waals surface area contributed by atoms with E-state index in [9.17, 15) is 0 Å². The van der Waals surface area contributed by atoms with E-state index >= 15 is 0 Å². The molecule has 1 aromatic heterocycles. The van der Waals surface area contributed by atoms with Gasteiger partial charge in [-0.1, -0.05) is 6.07 Å². The molecule has 0 spiro atoms. The van der Waals surface area contributed by atoms with Crippen LogP contribution in [0.2, 0.25) is 0 Å². The van der Waals surface area contributed by atoms with Gasteiger partial charge in [-0.25, -0.2) is 0 Å². The molecule has 0 aliphatic carbocycles. The Labute approximate surface area is 119 Å². The second kappa shape index (κ2) is 7.01.